The van der Waals surface area contributed by atoms with Gasteiger partial charge in [-0.05, 0) is 36.6 Å². The van der Waals surface area contributed by atoms with Crippen LogP contribution in [0.4, 0.5) is 0 Å². The molecule has 2 unspecified atom stereocenters. The van der Waals surface area contributed by atoms with Crippen molar-refractivity contribution in [2.45, 2.75) is 38.0 Å². The van der Waals surface area contributed by atoms with Gasteiger partial charge in [-0.25, -0.2) is 0 Å². The predicted octanol–water partition coefficient (Wildman–Crippen LogP) is 3.86. The summed E-state index contributed by atoms with van der Waals surface area (Å²) in [6.45, 7) is 4.46. The largest absolute Gasteiger partial charge is 0.496 e. The van der Waals surface area contributed by atoms with E-state index in [1.165, 1.54) is 12.0 Å². The molecule has 0 saturated carbocycles. The molecule has 0 aliphatic carbocycles. The van der Waals surface area contributed by atoms with Gasteiger partial charge in [-0.3, -0.25) is 0 Å². The lowest BCUT2D eigenvalue weighted by atomic mass is 10.1. The van der Waals surface area contributed by atoms with Gasteiger partial charge in [-0.1, -0.05) is 29.8 Å². The van der Waals surface area contributed by atoms with Crippen LogP contribution in [-0.2, 0) is 6.42 Å². The van der Waals surface area contributed by atoms with E-state index in [1.807, 2.05) is 23.9 Å². The maximum atomic E-state index is 6.19. The molecule has 0 saturated heterocycles. The average Bonchev–Trinajstić information content (AvgIpc) is 2.36. The van der Waals surface area contributed by atoms with Gasteiger partial charge in [0.15, 0.2) is 0 Å². The topological polar surface area (TPSA) is 35.2 Å². The van der Waals surface area contributed by atoms with Gasteiger partial charge in [-0.15, -0.1) is 0 Å². The molecule has 0 amide bonds. The van der Waals surface area contributed by atoms with Gasteiger partial charge in [0.25, 0.3) is 0 Å². The van der Waals surface area contributed by atoms with Crippen molar-refractivity contribution in [3.63, 3.8) is 0 Å². The number of rotatable bonds is 7. The molecular weight excluding hydrogens is 310 g/mol. The molecule has 0 aromatic heterocycles. The zero-order valence-electron chi connectivity index (χ0n) is 11.3. The molecule has 0 spiro atoms. The molecule has 2 atom stereocenters. The number of ether oxygens (including phenoxy) is 1. The summed E-state index contributed by atoms with van der Waals surface area (Å²) in [7, 11) is 1.70. The molecule has 0 aliphatic rings. The third kappa shape index (κ3) is 5.21. The molecule has 1 aromatic rings. The summed E-state index contributed by atoms with van der Waals surface area (Å²) in [4.78, 5) is 0. The Morgan fingerprint density at radius 2 is 2.17 bits per heavy atom. The highest BCUT2D eigenvalue weighted by molar-refractivity contribution is 9.10. The monoisotopic (exact) mass is 331 g/mol. The number of benzene rings is 1. The van der Waals surface area contributed by atoms with Crippen LogP contribution in [0, 0.1) is 0 Å². The molecule has 102 valence electrons. The summed E-state index contributed by atoms with van der Waals surface area (Å²) in [5.41, 5.74) is 7.36. The molecule has 0 heterocycles. The summed E-state index contributed by atoms with van der Waals surface area (Å²) in [6.07, 6.45) is 2.05. The van der Waals surface area contributed by atoms with Crippen LogP contribution in [0.25, 0.3) is 0 Å². The summed E-state index contributed by atoms with van der Waals surface area (Å²) in [5, 5.41) is 0.681. The van der Waals surface area contributed by atoms with Crippen LogP contribution in [-0.4, -0.2) is 24.2 Å². The lowest BCUT2D eigenvalue weighted by Gasteiger charge is -2.16. The van der Waals surface area contributed by atoms with E-state index in [0.29, 0.717) is 5.25 Å². The molecule has 0 fully saturated rings. The van der Waals surface area contributed by atoms with E-state index in [4.69, 9.17) is 10.5 Å². The van der Waals surface area contributed by atoms with Crippen LogP contribution in [0.1, 0.15) is 25.8 Å². The Labute approximate surface area is 123 Å². The molecule has 0 aliphatic heterocycles. The van der Waals surface area contributed by atoms with Crippen molar-refractivity contribution in [2.75, 3.05) is 12.9 Å². The number of halogens is 1. The molecular formula is C14H22BrNOS. The highest BCUT2D eigenvalue weighted by Gasteiger charge is 2.11. The lowest BCUT2D eigenvalue weighted by Crippen LogP contribution is -2.26. The van der Waals surface area contributed by atoms with Crippen molar-refractivity contribution >= 4 is 27.7 Å². The second-order valence-electron chi connectivity index (χ2n) is 4.47. The fraction of sp³-hybridized carbons (Fsp3) is 0.571. The number of methoxy groups -OCH3 is 1. The van der Waals surface area contributed by atoms with Crippen LogP contribution in [0.15, 0.2) is 22.7 Å². The van der Waals surface area contributed by atoms with Gasteiger partial charge >= 0.3 is 0 Å². The fourth-order valence-corrected chi connectivity index (χ4v) is 2.99. The first-order valence-electron chi connectivity index (χ1n) is 6.26. The highest BCUT2D eigenvalue weighted by Crippen LogP contribution is 2.25. The summed E-state index contributed by atoms with van der Waals surface area (Å²) in [6, 6.07) is 6.23. The van der Waals surface area contributed by atoms with Crippen LogP contribution in [0.3, 0.4) is 0 Å². The first kappa shape index (κ1) is 15.9. The summed E-state index contributed by atoms with van der Waals surface area (Å²) < 4.78 is 6.43. The minimum absolute atomic E-state index is 0.173. The van der Waals surface area contributed by atoms with E-state index in [-0.39, 0.29) is 6.04 Å². The standard InChI is InChI=1S/C14H22BrNOS/c1-4-10(2)18-9-13(16)8-11-7-12(15)5-6-14(11)17-3/h5-7,10,13H,4,8-9,16H2,1-3H3. The number of thioether (sulfide) groups is 1. The van der Waals surface area contributed by atoms with Crippen LogP contribution in [0.2, 0.25) is 0 Å². The van der Waals surface area contributed by atoms with Gasteiger partial charge in [0, 0.05) is 21.5 Å². The second-order valence-corrected chi connectivity index (χ2v) is 6.86. The Kier molecular flexibility index (Phi) is 7.12. The normalized spacial score (nSPS) is 14.3. The Balaban J connectivity index is 2.57. The summed E-state index contributed by atoms with van der Waals surface area (Å²) in [5.74, 6) is 1.91. The molecule has 4 heteroatoms. The highest BCUT2D eigenvalue weighted by atomic mass is 79.9. The van der Waals surface area contributed by atoms with Crippen molar-refractivity contribution in [3.05, 3.63) is 28.2 Å². The van der Waals surface area contributed by atoms with Crippen molar-refractivity contribution in [1.29, 1.82) is 0 Å². The predicted molar refractivity (Wildman–Crippen MR) is 84.6 cm³/mol. The molecule has 2 nitrogen and oxygen atoms in total. The zero-order valence-corrected chi connectivity index (χ0v) is 13.7. The Morgan fingerprint density at radius 1 is 1.44 bits per heavy atom. The smallest absolute Gasteiger partial charge is 0.122 e. The van der Waals surface area contributed by atoms with E-state index >= 15 is 0 Å². The molecule has 18 heavy (non-hydrogen) atoms. The molecule has 1 aromatic carbocycles. The van der Waals surface area contributed by atoms with Crippen LogP contribution in [0.5, 0.6) is 5.75 Å². The fourth-order valence-electron chi connectivity index (χ4n) is 1.65. The molecule has 0 bridgehead atoms. The van der Waals surface area contributed by atoms with Crippen LogP contribution < -0.4 is 10.5 Å². The second kappa shape index (κ2) is 8.08. The number of hydrogen-bond acceptors (Lipinski definition) is 3. The van der Waals surface area contributed by atoms with Crippen molar-refractivity contribution < 1.29 is 4.74 Å². The first-order chi connectivity index (χ1) is 8.56. The van der Waals surface area contributed by atoms with E-state index < -0.39 is 0 Å². The van der Waals surface area contributed by atoms with E-state index in [1.54, 1.807) is 7.11 Å². The van der Waals surface area contributed by atoms with Gasteiger partial charge in [0.05, 0.1) is 7.11 Å². The van der Waals surface area contributed by atoms with Crippen molar-refractivity contribution in [2.24, 2.45) is 5.73 Å². The van der Waals surface area contributed by atoms with Crippen molar-refractivity contribution in [3.8, 4) is 5.75 Å². The average molecular weight is 332 g/mol. The van der Waals surface area contributed by atoms with E-state index in [0.717, 1.165) is 22.4 Å². The minimum atomic E-state index is 0.173. The number of nitrogens with two attached hydrogens (primary N) is 1. The van der Waals surface area contributed by atoms with E-state index in [9.17, 15) is 0 Å². The Morgan fingerprint density at radius 3 is 2.78 bits per heavy atom. The van der Waals surface area contributed by atoms with Crippen LogP contribution >= 0.6 is 27.7 Å². The minimum Gasteiger partial charge on any atom is -0.496 e. The number of hydrogen-bond donors (Lipinski definition) is 1. The Hall–Kier alpha value is -0.190. The third-order valence-corrected chi connectivity index (χ3v) is 4.91. The van der Waals surface area contributed by atoms with Crippen molar-refractivity contribution in [1.82, 2.24) is 0 Å². The lowest BCUT2D eigenvalue weighted by molar-refractivity contribution is 0.408. The maximum absolute atomic E-state index is 6.19. The molecule has 0 radical (unpaired) electrons. The Bertz CT molecular complexity index is 373. The third-order valence-electron chi connectivity index (χ3n) is 2.89. The molecule has 1 rings (SSSR count). The summed E-state index contributed by atoms with van der Waals surface area (Å²) >= 11 is 5.43. The maximum Gasteiger partial charge on any atom is 0.122 e. The van der Waals surface area contributed by atoms with E-state index in [2.05, 4.69) is 35.8 Å². The quantitative estimate of drug-likeness (QED) is 0.823. The molecule has 2 N–H and O–H groups in total. The first-order valence-corrected chi connectivity index (χ1v) is 8.10. The van der Waals surface area contributed by atoms with Gasteiger partial charge in [0.1, 0.15) is 5.75 Å². The van der Waals surface area contributed by atoms with Gasteiger partial charge in [-0.2, -0.15) is 11.8 Å². The zero-order chi connectivity index (χ0) is 13.5. The van der Waals surface area contributed by atoms with Gasteiger partial charge in [0.2, 0.25) is 0 Å². The van der Waals surface area contributed by atoms with Gasteiger partial charge < -0.3 is 10.5 Å². The SMILES string of the molecule is CCC(C)SCC(N)Cc1cc(Br)ccc1OC.